The monoisotopic (exact) mass is 425 g/mol. The average Bonchev–Trinajstić information content (AvgIpc) is 2.71. The van der Waals surface area contributed by atoms with E-state index in [1.54, 1.807) is 0 Å². The largest absolute Gasteiger partial charge is 0.352 e. The molecule has 1 N–H and O–H groups in total. The summed E-state index contributed by atoms with van der Waals surface area (Å²) in [6, 6.07) is 4.99. The van der Waals surface area contributed by atoms with Crippen LogP contribution in [-0.2, 0) is 14.8 Å². The van der Waals surface area contributed by atoms with Crippen molar-refractivity contribution in [2.75, 3.05) is 26.2 Å². The van der Waals surface area contributed by atoms with Gasteiger partial charge in [-0.15, -0.1) is 0 Å². The quantitative estimate of drug-likeness (QED) is 0.787. The zero-order valence-electron chi connectivity index (χ0n) is 17.5. The van der Waals surface area contributed by atoms with Crippen LogP contribution in [-0.4, -0.2) is 61.8 Å². The summed E-state index contributed by atoms with van der Waals surface area (Å²) >= 11 is 0. The molecular formula is C21H32FN3O3S. The Balaban J connectivity index is 1.56. The Bertz CT molecular complexity index is 824. The maximum atomic E-state index is 13.4. The summed E-state index contributed by atoms with van der Waals surface area (Å²) in [6.07, 6.45) is 3.37. The van der Waals surface area contributed by atoms with Gasteiger partial charge in [-0.25, -0.2) is 12.8 Å². The number of nitrogens with one attached hydrogen (secondary N) is 1. The van der Waals surface area contributed by atoms with Crippen LogP contribution in [0, 0.1) is 17.7 Å². The van der Waals surface area contributed by atoms with Crippen LogP contribution in [0.1, 0.15) is 40.0 Å². The number of amides is 1. The van der Waals surface area contributed by atoms with Crippen molar-refractivity contribution in [2.45, 2.75) is 57.0 Å². The number of carbonyl (C=O) groups excluding carboxylic acids is 1. The van der Waals surface area contributed by atoms with Gasteiger partial charge in [-0.2, -0.15) is 4.31 Å². The van der Waals surface area contributed by atoms with Crippen molar-refractivity contribution in [1.82, 2.24) is 14.5 Å². The number of sulfonamides is 1. The van der Waals surface area contributed by atoms with Crippen LogP contribution < -0.4 is 5.32 Å². The molecule has 0 unspecified atom stereocenters. The van der Waals surface area contributed by atoms with Gasteiger partial charge in [-0.05, 0) is 43.4 Å². The van der Waals surface area contributed by atoms with Gasteiger partial charge >= 0.3 is 0 Å². The fraction of sp³-hybridized carbons (Fsp3) is 0.667. The highest BCUT2D eigenvalue weighted by molar-refractivity contribution is 7.89. The summed E-state index contributed by atoms with van der Waals surface area (Å²) in [4.78, 5) is 14.8. The molecule has 1 heterocycles. The molecule has 1 aliphatic carbocycles. The molecule has 1 aliphatic heterocycles. The van der Waals surface area contributed by atoms with Crippen molar-refractivity contribution >= 4 is 15.9 Å². The van der Waals surface area contributed by atoms with Gasteiger partial charge < -0.3 is 5.32 Å². The fourth-order valence-corrected chi connectivity index (χ4v) is 5.82. The third-order valence-electron chi connectivity index (χ3n) is 6.67. The van der Waals surface area contributed by atoms with E-state index in [4.69, 9.17) is 0 Å². The van der Waals surface area contributed by atoms with Gasteiger partial charge in [0.15, 0.2) is 0 Å². The van der Waals surface area contributed by atoms with Gasteiger partial charge in [0.2, 0.25) is 15.9 Å². The molecule has 8 heteroatoms. The molecule has 29 heavy (non-hydrogen) atoms. The van der Waals surface area contributed by atoms with Gasteiger partial charge in [0.05, 0.1) is 10.9 Å². The maximum Gasteiger partial charge on any atom is 0.243 e. The number of carbonyl (C=O) groups is 1. The van der Waals surface area contributed by atoms with Gasteiger partial charge in [-0.3, -0.25) is 9.69 Å². The van der Waals surface area contributed by atoms with Crippen LogP contribution >= 0.6 is 0 Å². The lowest BCUT2D eigenvalue weighted by molar-refractivity contribution is -0.127. The lowest BCUT2D eigenvalue weighted by atomic mass is 9.78. The molecule has 1 amide bonds. The molecule has 3 rings (SSSR count). The molecule has 0 bridgehead atoms. The van der Waals surface area contributed by atoms with Crippen LogP contribution in [0.3, 0.4) is 0 Å². The van der Waals surface area contributed by atoms with Crippen molar-refractivity contribution in [2.24, 2.45) is 11.8 Å². The second kappa shape index (κ2) is 9.10. The Kier molecular flexibility index (Phi) is 6.96. The van der Waals surface area contributed by atoms with Crippen molar-refractivity contribution in [3.05, 3.63) is 30.1 Å². The molecule has 162 valence electrons. The van der Waals surface area contributed by atoms with Crippen LogP contribution in [0.25, 0.3) is 0 Å². The maximum absolute atomic E-state index is 13.4. The molecule has 0 aromatic heterocycles. The van der Waals surface area contributed by atoms with Gasteiger partial charge in [0.25, 0.3) is 0 Å². The van der Waals surface area contributed by atoms with Crippen LogP contribution in [0.4, 0.5) is 4.39 Å². The Morgan fingerprint density at radius 1 is 1.17 bits per heavy atom. The van der Waals surface area contributed by atoms with Crippen molar-refractivity contribution in [3.8, 4) is 0 Å². The molecule has 4 atom stereocenters. The molecule has 0 spiro atoms. The summed E-state index contributed by atoms with van der Waals surface area (Å²) in [7, 11) is -3.72. The SMILES string of the molecule is C[C@@H]1[C@H](C)CCC[C@@H]1NC(=O)[C@@H](C)N1CCN(S(=O)(=O)c2cccc(F)c2)CC1. The van der Waals surface area contributed by atoms with Gasteiger partial charge in [-0.1, -0.05) is 32.8 Å². The van der Waals surface area contributed by atoms with E-state index in [2.05, 4.69) is 19.2 Å². The third kappa shape index (κ3) is 4.98. The Hall–Kier alpha value is -1.51. The highest BCUT2D eigenvalue weighted by atomic mass is 32.2. The first-order chi connectivity index (χ1) is 13.7. The van der Waals surface area contributed by atoms with Gasteiger partial charge in [0, 0.05) is 32.2 Å². The highest BCUT2D eigenvalue weighted by Crippen LogP contribution is 2.29. The fourth-order valence-electron chi connectivity index (χ4n) is 4.36. The van der Waals surface area contributed by atoms with Crippen LogP contribution in [0.15, 0.2) is 29.2 Å². The van der Waals surface area contributed by atoms with E-state index in [0.717, 1.165) is 18.9 Å². The van der Waals surface area contributed by atoms with E-state index in [1.165, 1.54) is 28.9 Å². The van der Waals surface area contributed by atoms with E-state index in [-0.39, 0.29) is 36.0 Å². The Morgan fingerprint density at radius 3 is 2.52 bits per heavy atom. The standard InChI is InChI=1S/C21H32FN3O3S/c1-15-6-4-9-20(16(15)2)23-21(26)17(3)24-10-12-25(13-11-24)29(27,28)19-8-5-7-18(22)14-19/h5,7-8,14-17,20H,4,6,9-13H2,1-3H3,(H,23,26)/t15-,16-,17-,20+/m1/s1. The van der Waals surface area contributed by atoms with Crippen LogP contribution in [0.2, 0.25) is 0 Å². The molecule has 0 radical (unpaired) electrons. The minimum atomic E-state index is -3.72. The lowest BCUT2D eigenvalue weighted by Crippen LogP contribution is -2.56. The molecule has 1 saturated heterocycles. The predicted octanol–water partition coefficient (Wildman–Crippen LogP) is 2.46. The molecular weight excluding hydrogens is 393 g/mol. The molecule has 1 aromatic carbocycles. The zero-order valence-corrected chi connectivity index (χ0v) is 18.3. The molecule has 2 aliphatic rings. The number of benzene rings is 1. The number of rotatable bonds is 5. The number of halogens is 1. The van der Waals surface area contributed by atoms with Gasteiger partial charge in [0.1, 0.15) is 5.82 Å². The second-order valence-electron chi connectivity index (χ2n) is 8.46. The first-order valence-corrected chi connectivity index (χ1v) is 11.9. The van der Waals surface area contributed by atoms with E-state index < -0.39 is 15.8 Å². The minimum absolute atomic E-state index is 0.0115. The summed E-state index contributed by atoms with van der Waals surface area (Å²) < 4.78 is 40.3. The van der Waals surface area contributed by atoms with E-state index in [0.29, 0.717) is 24.9 Å². The Morgan fingerprint density at radius 2 is 1.86 bits per heavy atom. The summed E-state index contributed by atoms with van der Waals surface area (Å²) in [6.45, 7) is 7.84. The number of hydrogen-bond donors (Lipinski definition) is 1. The van der Waals surface area contributed by atoms with Crippen molar-refractivity contribution < 1.29 is 17.6 Å². The van der Waals surface area contributed by atoms with Crippen LogP contribution in [0.5, 0.6) is 0 Å². The average molecular weight is 426 g/mol. The molecule has 2 fully saturated rings. The normalized spacial score (nSPS) is 28.1. The van der Waals surface area contributed by atoms with E-state index in [9.17, 15) is 17.6 Å². The van der Waals surface area contributed by atoms with E-state index in [1.807, 2.05) is 11.8 Å². The van der Waals surface area contributed by atoms with Crippen molar-refractivity contribution in [3.63, 3.8) is 0 Å². The first kappa shape index (κ1) is 22.2. The Labute approximate surface area is 173 Å². The first-order valence-electron chi connectivity index (χ1n) is 10.5. The predicted molar refractivity (Wildman–Crippen MR) is 110 cm³/mol. The topological polar surface area (TPSA) is 69.7 Å². The molecule has 6 nitrogen and oxygen atoms in total. The minimum Gasteiger partial charge on any atom is -0.352 e. The number of nitrogens with zero attached hydrogens (tertiary/aromatic N) is 2. The number of piperazine rings is 1. The highest BCUT2D eigenvalue weighted by Gasteiger charge is 2.34. The summed E-state index contributed by atoms with van der Waals surface area (Å²) in [5.41, 5.74) is 0. The number of hydrogen-bond acceptors (Lipinski definition) is 4. The molecule has 1 saturated carbocycles. The lowest BCUT2D eigenvalue weighted by Gasteiger charge is -2.39. The third-order valence-corrected chi connectivity index (χ3v) is 8.56. The summed E-state index contributed by atoms with van der Waals surface area (Å²) in [5, 5.41) is 3.22. The smallest absolute Gasteiger partial charge is 0.243 e. The zero-order chi connectivity index (χ0) is 21.2. The molecule has 1 aromatic rings. The van der Waals surface area contributed by atoms with E-state index >= 15 is 0 Å². The van der Waals surface area contributed by atoms with Crippen molar-refractivity contribution in [1.29, 1.82) is 0 Å². The summed E-state index contributed by atoms with van der Waals surface area (Å²) in [5.74, 6) is 0.521. The second-order valence-corrected chi connectivity index (χ2v) is 10.4.